The quantitative estimate of drug-likeness (QED) is 0.417. The predicted octanol–water partition coefficient (Wildman–Crippen LogP) is 6.09. The van der Waals surface area contributed by atoms with Gasteiger partial charge in [-0.2, -0.15) is 4.31 Å². The molecule has 0 aliphatic carbocycles. The van der Waals surface area contributed by atoms with Crippen molar-refractivity contribution in [2.45, 2.75) is 25.3 Å². The maximum atomic E-state index is 13.4. The molecule has 5 nitrogen and oxygen atoms in total. The number of carbonyl (C=O) groups excluding carboxylic acids is 1. The molecule has 0 spiro atoms. The highest BCUT2D eigenvalue weighted by molar-refractivity contribution is 7.89. The maximum Gasteiger partial charge on any atom is 0.243 e. The SMILES string of the molecule is Cc1cccc(NC(=O)CN(Cc2c(Cl)cccc2Cl)S(=O)(=O)c2ccc(Cl)cc2)c1C. The second-order valence-corrected chi connectivity index (χ2v) is 10.4. The Kier molecular flexibility index (Phi) is 7.85. The van der Waals surface area contributed by atoms with Crippen LogP contribution >= 0.6 is 34.8 Å². The zero-order valence-corrected chi connectivity index (χ0v) is 20.5. The normalized spacial score (nSPS) is 11.6. The Morgan fingerprint density at radius 2 is 1.50 bits per heavy atom. The number of halogens is 3. The molecular formula is C23H21Cl3N2O3S. The highest BCUT2D eigenvalue weighted by Crippen LogP contribution is 2.28. The number of aryl methyl sites for hydroxylation is 1. The van der Waals surface area contributed by atoms with Gasteiger partial charge < -0.3 is 5.32 Å². The molecule has 0 heterocycles. The zero-order valence-electron chi connectivity index (χ0n) is 17.4. The minimum absolute atomic E-state index is 0.00427. The first-order chi connectivity index (χ1) is 15.1. The average Bonchev–Trinajstić information content (AvgIpc) is 2.73. The van der Waals surface area contributed by atoms with Crippen LogP contribution in [0.1, 0.15) is 16.7 Å². The Hall–Kier alpha value is -2.09. The van der Waals surface area contributed by atoms with E-state index in [-0.39, 0.29) is 11.4 Å². The van der Waals surface area contributed by atoms with E-state index in [0.29, 0.717) is 26.3 Å². The summed E-state index contributed by atoms with van der Waals surface area (Å²) in [5, 5.41) is 3.82. The third-order valence-corrected chi connectivity index (χ3v) is 7.81. The number of benzene rings is 3. The van der Waals surface area contributed by atoms with Crippen molar-refractivity contribution in [3.8, 4) is 0 Å². The summed E-state index contributed by atoms with van der Waals surface area (Å²) in [5.74, 6) is -0.487. The van der Waals surface area contributed by atoms with Crippen molar-refractivity contribution in [2.75, 3.05) is 11.9 Å². The smallest absolute Gasteiger partial charge is 0.243 e. The van der Waals surface area contributed by atoms with Crippen LogP contribution in [-0.2, 0) is 21.4 Å². The molecule has 168 valence electrons. The fourth-order valence-corrected chi connectivity index (χ4v) is 5.09. The van der Waals surface area contributed by atoms with E-state index in [1.165, 1.54) is 24.3 Å². The summed E-state index contributed by atoms with van der Waals surface area (Å²) >= 11 is 18.4. The van der Waals surface area contributed by atoms with E-state index >= 15 is 0 Å². The minimum atomic E-state index is -4.06. The number of carbonyl (C=O) groups is 1. The average molecular weight is 512 g/mol. The van der Waals surface area contributed by atoms with Gasteiger partial charge in [0.1, 0.15) is 0 Å². The Morgan fingerprint density at radius 3 is 2.12 bits per heavy atom. The molecule has 0 fully saturated rings. The van der Waals surface area contributed by atoms with Crippen molar-refractivity contribution in [3.05, 3.63) is 92.4 Å². The highest BCUT2D eigenvalue weighted by atomic mass is 35.5. The summed E-state index contributed by atoms with van der Waals surface area (Å²) < 4.78 is 27.8. The van der Waals surface area contributed by atoms with Gasteiger partial charge in [0.25, 0.3) is 0 Å². The fourth-order valence-electron chi connectivity index (χ4n) is 3.08. The molecule has 3 rings (SSSR count). The van der Waals surface area contributed by atoms with Crippen LogP contribution in [0, 0.1) is 13.8 Å². The molecule has 0 aliphatic rings. The van der Waals surface area contributed by atoms with Gasteiger partial charge in [0, 0.05) is 32.9 Å². The first-order valence-electron chi connectivity index (χ1n) is 9.64. The minimum Gasteiger partial charge on any atom is -0.325 e. The Balaban J connectivity index is 1.95. The number of nitrogens with one attached hydrogen (secondary N) is 1. The van der Waals surface area contributed by atoms with Crippen molar-refractivity contribution < 1.29 is 13.2 Å². The molecule has 9 heteroatoms. The summed E-state index contributed by atoms with van der Waals surface area (Å²) in [7, 11) is -4.06. The first kappa shape index (κ1) is 24.6. The van der Waals surface area contributed by atoms with Crippen molar-refractivity contribution in [2.24, 2.45) is 0 Å². The number of rotatable bonds is 7. The Morgan fingerprint density at radius 1 is 0.906 bits per heavy atom. The van der Waals surface area contributed by atoms with Crippen molar-refractivity contribution in [1.82, 2.24) is 4.31 Å². The third-order valence-electron chi connectivity index (χ3n) is 5.05. The summed E-state index contributed by atoms with van der Waals surface area (Å²) in [6.07, 6.45) is 0. The number of hydrogen-bond acceptors (Lipinski definition) is 3. The van der Waals surface area contributed by atoms with Gasteiger partial charge in [0.15, 0.2) is 0 Å². The van der Waals surface area contributed by atoms with E-state index in [2.05, 4.69) is 5.32 Å². The van der Waals surface area contributed by atoms with Crippen LogP contribution in [0.25, 0.3) is 0 Å². The molecule has 0 saturated heterocycles. The predicted molar refractivity (Wildman–Crippen MR) is 130 cm³/mol. The van der Waals surface area contributed by atoms with E-state index in [9.17, 15) is 13.2 Å². The van der Waals surface area contributed by atoms with Crippen LogP contribution in [0.15, 0.2) is 65.6 Å². The lowest BCUT2D eigenvalue weighted by atomic mass is 10.1. The van der Waals surface area contributed by atoms with Crippen LogP contribution < -0.4 is 5.32 Å². The summed E-state index contributed by atoms with van der Waals surface area (Å²) in [5.41, 5.74) is 2.95. The van der Waals surface area contributed by atoms with Crippen LogP contribution in [0.3, 0.4) is 0 Å². The summed E-state index contributed by atoms with van der Waals surface area (Å²) in [4.78, 5) is 12.9. The van der Waals surface area contributed by atoms with E-state index in [0.717, 1.165) is 15.4 Å². The molecule has 0 radical (unpaired) electrons. The van der Waals surface area contributed by atoms with Crippen molar-refractivity contribution >= 4 is 56.4 Å². The number of hydrogen-bond donors (Lipinski definition) is 1. The van der Waals surface area contributed by atoms with E-state index < -0.39 is 22.5 Å². The monoisotopic (exact) mass is 510 g/mol. The van der Waals surface area contributed by atoms with Gasteiger partial charge in [0.05, 0.1) is 11.4 Å². The molecule has 3 aromatic rings. The van der Waals surface area contributed by atoms with E-state index in [1.807, 2.05) is 26.0 Å². The number of sulfonamides is 1. The van der Waals surface area contributed by atoms with Crippen LogP contribution in [0.5, 0.6) is 0 Å². The lowest BCUT2D eigenvalue weighted by molar-refractivity contribution is -0.116. The molecule has 0 bridgehead atoms. The third kappa shape index (κ3) is 5.63. The van der Waals surface area contributed by atoms with Crippen LogP contribution in [-0.4, -0.2) is 25.2 Å². The molecule has 1 amide bonds. The van der Waals surface area contributed by atoms with E-state index in [4.69, 9.17) is 34.8 Å². The van der Waals surface area contributed by atoms with Gasteiger partial charge in [-0.3, -0.25) is 4.79 Å². The second kappa shape index (κ2) is 10.2. The van der Waals surface area contributed by atoms with Crippen LogP contribution in [0.4, 0.5) is 5.69 Å². The highest BCUT2D eigenvalue weighted by Gasteiger charge is 2.28. The zero-order chi connectivity index (χ0) is 23.5. The first-order valence-corrected chi connectivity index (χ1v) is 12.2. The van der Waals surface area contributed by atoms with Gasteiger partial charge in [-0.1, -0.05) is 53.0 Å². The Bertz CT molecular complexity index is 1230. The van der Waals surface area contributed by atoms with Gasteiger partial charge in [0.2, 0.25) is 15.9 Å². The molecular weight excluding hydrogens is 491 g/mol. The topological polar surface area (TPSA) is 66.5 Å². The van der Waals surface area contributed by atoms with Crippen molar-refractivity contribution in [3.63, 3.8) is 0 Å². The summed E-state index contributed by atoms with van der Waals surface area (Å²) in [6, 6.07) is 16.2. The van der Waals surface area contributed by atoms with E-state index in [1.54, 1.807) is 24.3 Å². The molecule has 0 unspecified atom stereocenters. The standard InChI is InChI=1S/C23H21Cl3N2O3S/c1-15-5-3-8-22(16(15)2)27-23(29)14-28(13-19-20(25)6-4-7-21(19)26)32(30,31)18-11-9-17(24)10-12-18/h3-12H,13-14H2,1-2H3,(H,27,29). The summed E-state index contributed by atoms with van der Waals surface area (Å²) in [6.45, 7) is 3.21. The van der Waals surface area contributed by atoms with Gasteiger partial charge >= 0.3 is 0 Å². The van der Waals surface area contributed by atoms with Gasteiger partial charge in [-0.25, -0.2) is 8.42 Å². The number of nitrogens with zero attached hydrogens (tertiary/aromatic N) is 1. The number of amides is 1. The van der Waals surface area contributed by atoms with Crippen molar-refractivity contribution in [1.29, 1.82) is 0 Å². The van der Waals surface area contributed by atoms with Gasteiger partial charge in [-0.15, -0.1) is 0 Å². The largest absolute Gasteiger partial charge is 0.325 e. The molecule has 0 aliphatic heterocycles. The fraction of sp³-hybridized carbons (Fsp3) is 0.174. The van der Waals surface area contributed by atoms with Crippen LogP contribution in [0.2, 0.25) is 15.1 Å². The molecule has 0 saturated carbocycles. The molecule has 0 aromatic heterocycles. The molecule has 3 aromatic carbocycles. The lowest BCUT2D eigenvalue weighted by Crippen LogP contribution is -2.37. The van der Waals surface area contributed by atoms with Gasteiger partial charge in [-0.05, 0) is 67.4 Å². The second-order valence-electron chi connectivity index (χ2n) is 7.22. The molecule has 32 heavy (non-hydrogen) atoms. The molecule has 0 atom stereocenters. The maximum absolute atomic E-state index is 13.4. The Labute approximate surface area is 203 Å². The number of anilines is 1. The lowest BCUT2D eigenvalue weighted by Gasteiger charge is -2.23. The molecule has 1 N–H and O–H groups in total.